The van der Waals surface area contributed by atoms with Crippen LogP contribution in [-0.2, 0) is 9.53 Å². The highest BCUT2D eigenvalue weighted by Crippen LogP contribution is 2.07. The summed E-state index contributed by atoms with van der Waals surface area (Å²) < 4.78 is 4.90. The molecule has 5 heteroatoms. The summed E-state index contributed by atoms with van der Waals surface area (Å²) in [6.07, 6.45) is 5.55. The predicted octanol–water partition coefficient (Wildman–Crippen LogP) is -0.499. The van der Waals surface area contributed by atoms with Crippen LogP contribution in [0.5, 0.6) is 0 Å². The lowest BCUT2D eigenvalue weighted by atomic mass is 10.0. The Morgan fingerprint density at radius 1 is 1.65 bits per heavy atom. The van der Waals surface area contributed by atoms with E-state index in [0.717, 1.165) is 0 Å². The van der Waals surface area contributed by atoms with Crippen LogP contribution in [0.4, 0.5) is 0 Å². The van der Waals surface area contributed by atoms with Crippen molar-refractivity contribution in [1.82, 2.24) is 10.6 Å². The molecule has 0 heterocycles. The largest absolute Gasteiger partial charge is 0.389 e. The molecule has 0 radical (unpaired) electrons. The molecule has 0 aliphatic heterocycles. The molecule has 0 fully saturated rings. The first kappa shape index (κ1) is 15.9. The number of ether oxygens (including phenoxy) is 1. The Labute approximate surface area is 103 Å². The minimum atomic E-state index is -0.892. The van der Waals surface area contributed by atoms with E-state index in [-0.39, 0.29) is 12.5 Å². The third kappa shape index (κ3) is 7.75. The normalized spacial score (nSPS) is 15.7. The summed E-state index contributed by atoms with van der Waals surface area (Å²) in [5.74, 6) is 2.15. The van der Waals surface area contributed by atoms with E-state index in [9.17, 15) is 9.90 Å². The van der Waals surface area contributed by atoms with Gasteiger partial charge in [-0.05, 0) is 13.8 Å². The Morgan fingerprint density at radius 2 is 2.29 bits per heavy atom. The molecule has 0 aliphatic rings. The maximum Gasteiger partial charge on any atom is 0.237 e. The van der Waals surface area contributed by atoms with Crippen LogP contribution in [0.3, 0.4) is 0 Å². The highest BCUT2D eigenvalue weighted by Gasteiger charge is 2.22. The number of hydrogen-bond acceptors (Lipinski definition) is 4. The van der Waals surface area contributed by atoms with Crippen LogP contribution in [0.15, 0.2) is 0 Å². The van der Waals surface area contributed by atoms with Crippen molar-refractivity contribution in [2.45, 2.75) is 31.9 Å². The van der Waals surface area contributed by atoms with Gasteiger partial charge < -0.3 is 20.5 Å². The zero-order valence-corrected chi connectivity index (χ0v) is 10.7. The van der Waals surface area contributed by atoms with E-state index in [1.165, 1.54) is 0 Å². The average Bonchev–Trinajstić information content (AvgIpc) is 2.30. The molecule has 0 aromatic heterocycles. The molecule has 0 aromatic rings. The molecule has 5 nitrogen and oxygen atoms in total. The number of rotatable bonds is 8. The highest BCUT2D eigenvalue weighted by atomic mass is 16.5. The van der Waals surface area contributed by atoms with Gasteiger partial charge in [0.1, 0.15) is 0 Å². The number of aliphatic hydroxyl groups is 1. The fraction of sp³-hybridized carbons (Fsp3) is 0.750. The third-order valence-corrected chi connectivity index (χ3v) is 2.39. The van der Waals surface area contributed by atoms with E-state index in [2.05, 4.69) is 16.6 Å². The van der Waals surface area contributed by atoms with Gasteiger partial charge >= 0.3 is 0 Å². The summed E-state index contributed by atoms with van der Waals surface area (Å²) in [5.41, 5.74) is -0.892. The van der Waals surface area contributed by atoms with Gasteiger partial charge in [-0.1, -0.05) is 5.92 Å². The van der Waals surface area contributed by atoms with Crippen LogP contribution in [0.2, 0.25) is 0 Å². The molecule has 0 rings (SSSR count). The van der Waals surface area contributed by atoms with E-state index in [1.807, 2.05) is 0 Å². The Hall–Kier alpha value is -1.09. The zero-order chi connectivity index (χ0) is 13.3. The van der Waals surface area contributed by atoms with Crippen molar-refractivity contribution in [1.29, 1.82) is 0 Å². The molecule has 0 saturated carbocycles. The first-order chi connectivity index (χ1) is 7.93. The lowest BCUT2D eigenvalue weighted by Gasteiger charge is -2.25. The number of carbonyl (C=O) groups is 1. The number of methoxy groups -OCH3 is 1. The van der Waals surface area contributed by atoms with E-state index in [1.54, 1.807) is 21.0 Å². The van der Waals surface area contributed by atoms with Gasteiger partial charge in [0.2, 0.25) is 5.91 Å². The van der Waals surface area contributed by atoms with Gasteiger partial charge in [0, 0.05) is 26.7 Å². The zero-order valence-electron chi connectivity index (χ0n) is 10.7. The fourth-order valence-electron chi connectivity index (χ4n) is 1.17. The van der Waals surface area contributed by atoms with Gasteiger partial charge in [-0.25, -0.2) is 0 Å². The van der Waals surface area contributed by atoms with Crippen LogP contribution >= 0.6 is 0 Å². The SMILES string of the molecule is C#CCNC(=O)C(C)NCC(C)(O)CCOC. The first-order valence-electron chi connectivity index (χ1n) is 5.59. The van der Waals surface area contributed by atoms with E-state index in [0.29, 0.717) is 19.6 Å². The van der Waals surface area contributed by atoms with Crippen molar-refractivity contribution < 1.29 is 14.6 Å². The van der Waals surface area contributed by atoms with E-state index >= 15 is 0 Å². The minimum Gasteiger partial charge on any atom is -0.389 e. The van der Waals surface area contributed by atoms with Gasteiger partial charge in [-0.2, -0.15) is 0 Å². The van der Waals surface area contributed by atoms with Crippen LogP contribution in [0.1, 0.15) is 20.3 Å². The molecule has 2 atom stereocenters. The lowest BCUT2D eigenvalue weighted by Crippen LogP contribution is -2.48. The number of amides is 1. The van der Waals surface area contributed by atoms with Gasteiger partial charge in [-0.15, -0.1) is 6.42 Å². The first-order valence-corrected chi connectivity index (χ1v) is 5.59. The molecule has 0 aromatic carbocycles. The predicted molar refractivity (Wildman–Crippen MR) is 66.4 cm³/mol. The second-order valence-corrected chi connectivity index (χ2v) is 4.26. The summed E-state index contributed by atoms with van der Waals surface area (Å²) in [6.45, 7) is 4.43. The molecular weight excluding hydrogens is 220 g/mol. The van der Waals surface area contributed by atoms with Crippen LogP contribution in [0.25, 0.3) is 0 Å². The Bertz CT molecular complexity index is 271. The molecule has 0 bridgehead atoms. The van der Waals surface area contributed by atoms with E-state index in [4.69, 9.17) is 11.2 Å². The fourth-order valence-corrected chi connectivity index (χ4v) is 1.17. The van der Waals surface area contributed by atoms with Crippen molar-refractivity contribution in [2.24, 2.45) is 0 Å². The van der Waals surface area contributed by atoms with E-state index < -0.39 is 11.6 Å². The van der Waals surface area contributed by atoms with Gasteiger partial charge in [-0.3, -0.25) is 4.79 Å². The second-order valence-electron chi connectivity index (χ2n) is 4.26. The average molecular weight is 242 g/mol. The summed E-state index contributed by atoms with van der Waals surface area (Å²) in [5, 5.41) is 15.5. The van der Waals surface area contributed by atoms with Crippen LogP contribution < -0.4 is 10.6 Å². The Kier molecular flexibility index (Phi) is 7.55. The highest BCUT2D eigenvalue weighted by molar-refractivity contribution is 5.81. The van der Waals surface area contributed by atoms with Crippen LogP contribution in [-0.4, -0.2) is 49.5 Å². The van der Waals surface area contributed by atoms with Crippen LogP contribution in [0, 0.1) is 12.3 Å². The number of nitrogens with one attached hydrogen (secondary N) is 2. The Morgan fingerprint density at radius 3 is 2.82 bits per heavy atom. The third-order valence-electron chi connectivity index (χ3n) is 2.39. The van der Waals surface area contributed by atoms with Crippen molar-refractivity contribution in [2.75, 3.05) is 26.8 Å². The smallest absolute Gasteiger partial charge is 0.237 e. The topological polar surface area (TPSA) is 70.6 Å². The van der Waals surface area contributed by atoms with Gasteiger partial charge in [0.05, 0.1) is 18.2 Å². The molecule has 1 amide bonds. The molecule has 0 spiro atoms. The molecule has 3 N–H and O–H groups in total. The monoisotopic (exact) mass is 242 g/mol. The molecule has 98 valence electrons. The Balaban J connectivity index is 3.93. The summed E-state index contributed by atoms with van der Waals surface area (Å²) in [6, 6.07) is -0.391. The molecule has 17 heavy (non-hydrogen) atoms. The maximum absolute atomic E-state index is 11.5. The molecule has 0 aliphatic carbocycles. The molecular formula is C12H22N2O3. The van der Waals surface area contributed by atoms with Gasteiger partial charge in [0.25, 0.3) is 0 Å². The summed E-state index contributed by atoms with van der Waals surface area (Å²) in [7, 11) is 1.58. The molecule has 2 unspecified atom stereocenters. The standard InChI is InChI=1S/C12H22N2O3/c1-5-7-13-11(15)10(2)14-9-12(3,16)6-8-17-4/h1,10,14,16H,6-9H2,2-4H3,(H,13,15). The van der Waals surface area contributed by atoms with Gasteiger partial charge in [0.15, 0.2) is 0 Å². The summed E-state index contributed by atoms with van der Waals surface area (Å²) >= 11 is 0. The van der Waals surface area contributed by atoms with Crippen molar-refractivity contribution >= 4 is 5.91 Å². The van der Waals surface area contributed by atoms with Crippen molar-refractivity contribution in [3.8, 4) is 12.3 Å². The van der Waals surface area contributed by atoms with Crippen molar-refractivity contribution in [3.63, 3.8) is 0 Å². The summed E-state index contributed by atoms with van der Waals surface area (Å²) in [4.78, 5) is 11.5. The minimum absolute atomic E-state index is 0.175. The lowest BCUT2D eigenvalue weighted by molar-refractivity contribution is -0.122. The number of hydrogen-bond donors (Lipinski definition) is 3. The number of carbonyl (C=O) groups excluding carboxylic acids is 1. The molecule has 0 saturated heterocycles. The van der Waals surface area contributed by atoms with Crippen molar-refractivity contribution in [3.05, 3.63) is 0 Å². The second kappa shape index (κ2) is 8.07. The quantitative estimate of drug-likeness (QED) is 0.502. The number of terminal acetylenes is 1. The maximum atomic E-state index is 11.5.